The topological polar surface area (TPSA) is 25.8 Å². The van der Waals surface area contributed by atoms with Crippen LogP contribution in [0.25, 0.3) is 97.5 Å². The van der Waals surface area contributed by atoms with Crippen LogP contribution in [0.4, 0.5) is 0 Å². The summed E-state index contributed by atoms with van der Waals surface area (Å²) in [6.07, 6.45) is 0. The molecule has 0 fully saturated rings. The molecule has 8 aromatic carbocycles. The van der Waals surface area contributed by atoms with Crippen molar-refractivity contribution in [3.63, 3.8) is 0 Å². The van der Waals surface area contributed by atoms with Gasteiger partial charge in [-0.25, -0.2) is 9.97 Å². The number of benzene rings is 8. The maximum Gasteiger partial charge on any atom is 0.161 e. The molecule has 0 spiro atoms. The van der Waals surface area contributed by atoms with Crippen molar-refractivity contribution in [3.05, 3.63) is 170 Å². The third-order valence-electron chi connectivity index (χ3n) is 9.66. The molecule has 2 heterocycles. The Balaban J connectivity index is 1.20. The Labute approximate surface area is 287 Å². The zero-order chi connectivity index (χ0) is 32.3. The molecule has 10 aromatic rings. The zero-order valence-electron chi connectivity index (χ0n) is 26.5. The Morgan fingerprint density at radius 2 is 0.959 bits per heavy atom. The first kappa shape index (κ1) is 27.9. The van der Waals surface area contributed by atoms with E-state index in [4.69, 9.17) is 9.97 Å². The smallest absolute Gasteiger partial charge is 0.161 e. The molecule has 0 aliphatic rings. The molecule has 2 aromatic heterocycles. The third kappa shape index (κ3) is 4.70. The lowest BCUT2D eigenvalue weighted by Crippen LogP contribution is -1.98. The Kier molecular flexibility index (Phi) is 6.39. The van der Waals surface area contributed by atoms with Gasteiger partial charge in [-0.1, -0.05) is 140 Å². The number of hydrogen-bond donors (Lipinski definition) is 0. The third-order valence-corrected chi connectivity index (χ3v) is 10.8. The van der Waals surface area contributed by atoms with Crippen molar-refractivity contribution in [2.75, 3.05) is 0 Å². The number of hydrogen-bond acceptors (Lipinski definition) is 3. The summed E-state index contributed by atoms with van der Waals surface area (Å²) in [5.41, 5.74) is 7.35. The standard InChI is InChI=1S/C46H28N2S/c1-2-12-30(13-3-1)41-28-42(34-16-10-15-31(25-34)32-22-23-38-37-19-8-9-20-43(37)49-44(38)27-32)48-46(47-41)45-36-18-7-5-14-33(36)26-40-35-17-6-4-11-29(35)21-24-39(40)45/h1-28H. The van der Waals surface area contributed by atoms with Crippen molar-refractivity contribution in [1.82, 2.24) is 9.97 Å². The summed E-state index contributed by atoms with van der Waals surface area (Å²) < 4.78 is 2.62. The van der Waals surface area contributed by atoms with Crippen LogP contribution in [-0.4, -0.2) is 9.97 Å². The van der Waals surface area contributed by atoms with Crippen LogP contribution in [0.5, 0.6) is 0 Å². The van der Waals surface area contributed by atoms with Crippen LogP contribution in [-0.2, 0) is 0 Å². The van der Waals surface area contributed by atoms with Crippen LogP contribution in [0.3, 0.4) is 0 Å². The van der Waals surface area contributed by atoms with Gasteiger partial charge in [-0.15, -0.1) is 11.3 Å². The van der Waals surface area contributed by atoms with E-state index in [1.165, 1.54) is 52.8 Å². The van der Waals surface area contributed by atoms with Gasteiger partial charge in [0, 0.05) is 36.9 Å². The number of thiophene rings is 1. The quantitative estimate of drug-likeness (QED) is 0.141. The van der Waals surface area contributed by atoms with Gasteiger partial charge in [0.15, 0.2) is 5.82 Å². The molecule has 0 N–H and O–H groups in total. The molecule has 0 aliphatic heterocycles. The summed E-state index contributed by atoms with van der Waals surface area (Å²) in [7, 11) is 0. The molecule has 3 heteroatoms. The fraction of sp³-hybridized carbons (Fsp3) is 0. The average Bonchev–Trinajstić information content (AvgIpc) is 3.55. The van der Waals surface area contributed by atoms with Gasteiger partial charge in [0.05, 0.1) is 11.4 Å². The minimum atomic E-state index is 0.727. The predicted molar refractivity (Wildman–Crippen MR) is 209 cm³/mol. The molecule has 228 valence electrons. The lowest BCUT2D eigenvalue weighted by Gasteiger charge is -2.15. The molecule has 2 nitrogen and oxygen atoms in total. The second-order valence-electron chi connectivity index (χ2n) is 12.6. The summed E-state index contributed by atoms with van der Waals surface area (Å²) in [6, 6.07) is 60.8. The lowest BCUT2D eigenvalue weighted by atomic mass is 9.92. The van der Waals surface area contributed by atoms with Crippen LogP contribution in [0.2, 0.25) is 0 Å². The number of aromatic nitrogens is 2. The molecular formula is C46H28N2S. The van der Waals surface area contributed by atoms with E-state index in [1.807, 2.05) is 17.4 Å². The Bertz CT molecular complexity index is 2890. The maximum absolute atomic E-state index is 5.38. The van der Waals surface area contributed by atoms with Gasteiger partial charge in [-0.3, -0.25) is 0 Å². The van der Waals surface area contributed by atoms with Gasteiger partial charge in [0.1, 0.15) is 0 Å². The van der Waals surface area contributed by atoms with Crippen LogP contribution in [0.1, 0.15) is 0 Å². The van der Waals surface area contributed by atoms with Crippen molar-refractivity contribution >= 4 is 63.8 Å². The second-order valence-corrected chi connectivity index (χ2v) is 13.7. The van der Waals surface area contributed by atoms with E-state index in [0.29, 0.717) is 0 Å². The van der Waals surface area contributed by atoms with E-state index in [1.54, 1.807) is 0 Å². The highest BCUT2D eigenvalue weighted by Gasteiger charge is 2.18. The largest absolute Gasteiger partial charge is 0.228 e. The highest BCUT2D eigenvalue weighted by Crippen LogP contribution is 2.40. The van der Waals surface area contributed by atoms with E-state index in [0.717, 1.165) is 44.7 Å². The zero-order valence-corrected chi connectivity index (χ0v) is 27.3. The second kappa shape index (κ2) is 11.2. The molecule has 0 radical (unpaired) electrons. The molecule has 0 saturated carbocycles. The molecule has 0 atom stereocenters. The minimum Gasteiger partial charge on any atom is -0.228 e. The lowest BCUT2D eigenvalue weighted by molar-refractivity contribution is 1.19. The van der Waals surface area contributed by atoms with Crippen LogP contribution >= 0.6 is 11.3 Å². The normalized spacial score (nSPS) is 11.7. The van der Waals surface area contributed by atoms with Crippen molar-refractivity contribution in [2.24, 2.45) is 0 Å². The molecule has 0 aliphatic carbocycles. The fourth-order valence-electron chi connectivity index (χ4n) is 7.29. The van der Waals surface area contributed by atoms with E-state index in [9.17, 15) is 0 Å². The van der Waals surface area contributed by atoms with Gasteiger partial charge >= 0.3 is 0 Å². The van der Waals surface area contributed by atoms with Crippen molar-refractivity contribution < 1.29 is 0 Å². The first-order valence-electron chi connectivity index (χ1n) is 16.6. The molecule has 0 amide bonds. The highest BCUT2D eigenvalue weighted by atomic mass is 32.1. The highest BCUT2D eigenvalue weighted by molar-refractivity contribution is 7.25. The van der Waals surface area contributed by atoms with Gasteiger partial charge < -0.3 is 0 Å². The molecule has 10 rings (SSSR count). The average molecular weight is 641 g/mol. The summed E-state index contributed by atoms with van der Waals surface area (Å²) in [5.74, 6) is 0.727. The van der Waals surface area contributed by atoms with Crippen LogP contribution in [0, 0.1) is 0 Å². The van der Waals surface area contributed by atoms with E-state index >= 15 is 0 Å². The van der Waals surface area contributed by atoms with Gasteiger partial charge in [-0.05, 0) is 73.8 Å². The maximum atomic E-state index is 5.38. The Hall–Kier alpha value is -6.16. The molecule has 0 saturated heterocycles. The van der Waals surface area contributed by atoms with Crippen molar-refractivity contribution in [1.29, 1.82) is 0 Å². The van der Waals surface area contributed by atoms with Crippen molar-refractivity contribution in [3.8, 4) is 45.0 Å². The Morgan fingerprint density at radius 3 is 1.84 bits per heavy atom. The number of rotatable bonds is 4. The first-order valence-corrected chi connectivity index (χ1v) is 17.4. The Morgan fingerprint density at radius 1 is 0.327 bits per heavy atom. The fourth-order valence-corrected chi connectivity index (χ4v) is 8.43. The monoisotopic (exact) mass is 640 g/mol. The predicted octanol–water partition coefficient (Wildman–Crippen LogP) is 13.0. The minimum absolute atomic E-state index is 0.727. The van der Waals surface area contributed by atoms with E-state index in [-0.39, 0.29) is 0 Å². The number of fused-ring (bicyclic) bond motifs is 7. The van der Waals surface area contributed by atoms with E-state index < -0.39 is 0 Å². The van der Waals surface area contributed by atoms with Gasteiger partial charge in [0.25, 0.3) is 0 Å². The van der Waals surface area contributed by atoms with Crippen molar-refractivity contribution in [2.45, 2.75) is 0 Å². The van der Waals surface area contributed by atoms with Crippen LogP contribution < -0.4 is 0 Å². The summed E-state index contributed by atoms with van der Waals surface area (Å²) in [5, 5.41) is 9.76. The number of nitrogens with zero attached hydrogens (tertiary/aromatic N) is 2. The summed E-state index contributed by atoms with van der Waals surface area (Å²) >= 11 is 1.85. The summed E-state index contributed by atoms with van der Waals surface area (Å²) in [4.78, 5) is 10.7. The molecule has 49 heavy (non-hydrogen) atoms. The SMILES string of the molecule is c1ccc(-c2cc(-c3cccc(-c4ccc5c(c4)sc4ccccc45)c3)nc(-c3c4ccccc4cc4c3ccc3ccccc34)n2)cc1. The first-order chi connectivity index (χ1) is 24.3. The van der Waals surface area contributed by atoms with Gasteiger partial charge in [-0.2, -0.15) is 0 Å². The summed E-state index contributed by atoms with van der Waals surface area (Å²) in [6.45, 7) is 0. The molecular weight excluding hydrogens is 613 g/mol. The molecule has 0 unspecified atom stereocenters. The molecule has 0 bridgehead atoms. The van der Waals surface area contributed by atoms with Crippen LogP contribution in [0.15, 0.2) is 170 Å². The van der Waals surface area contributed by atoms with Gasteiger partial charge in [0.2, 0.25) is 0 Å². The van der Waals surface area contributed by atoms with E-state index in [2.05, 4.69) is 164 Å².